The van der Waals surface area contributed by atoms with Gasteiger partial charge in [0.25, 0.3) is 0 Å². The lowest BCUT2D eigenvalue weighted by Gasteiger charge is -2.20. The quantitative estimate of drug-likeness (QED) is 0.0823. The largest absolute Gasteiger partial charge is 0.388 e. The molecule has 56 heavy (non-hydrogen) atoms. The predicted molar refractivity (Wildman–Crippen MR) is 251 cm³/mol. The third kappa shape index (κ3) is 10.8. The Labute approximate surface area is 352 Å². The fraction of sp³-hybridized carbons (Fsp3) is 0.432. The number of rotatable bonds is 11. The highest BCUT2D eigenvalue weighted by atomic mass is 32.2. The molecule has 0 aliphatic heterocycles. The van der Waals surface area contributed by atoms with Crippen LogP contribution in [0.5, 0.6) is 0 Å². The molecule has 5 N–H and O–H groups in total. The van der Waals surface area contributed by atoms with Crippen molar-refractivity contribution in [2.75, 3.05) is 41.1 Å². The number of aromatic amines is 1. The number of benzene rings is 2. The Morgan fingerprint density at radius 3 is 1.98 bits per heavy atom. The lowest BCUT2D eigenvalue weighted by atomic mass is 10.00. The summed E-state index contributed by atoms with van der Waals surface area (Å²) in [6, 6.07) is 15.8. The molecule has 0 saturated heterocycles. The highest BCUT2D eigenvalue weighted by Gasteiger charge is 2.28. The Morgan fingerprint density at radius 2 is 1.43 bits per heavy atom. The summed E-state index contributed by atoms with van der Waals surface area (Å²) in [7, 11) is 4.03. The number of fused-ring (bicyclic) bond motifs is 3. The lowest BCUT2D eigenvalue weighted by Crippen LogP contribution is -2.13. The summed E-state index contributed by atoms with van der Waals surface area (Å²) < 4.78 is 2.26. The fourth-order valence-electron chi connectivity index (χ4n) is 7.54. The van der Waals surface area contributed by atoms with E-state index < -0.39 is 0 Å². The van der Waals surface area contributed by atoms with Crippen LogP contribution in [0.25, 0.3) is 11.0 Å². The number of nitrogens with one attached hydrogen (secondary N) is 5. The summed E-state index contributed by atoms with van der Waals surface area (Å²) in [5, 5.41) is 15.2. The fourth-order valence-corrected chi connectivity index (χ4v) is 10.5. The Kier molecular flexibility index (Phi) is 13.7. The smallest absolute Gasteiger partial charge is 0.142 e. The Morgan fingerprint density at radius 1 is 0.804 bits per heavy atom. The maximum Gasteiger partial charge on any atom is 0.142 e. The van der Waals surface area contributed by atoms with E-state index in [1.54, 1.807) is 24.3 Å². The second kappa shape index (κ2) is 18.3. The van der Waals surface area contributed by atoms with Gasteiger partial charge in [0.2, 0.25) is 0 Å². The number of thioether (sulfide) groups is 2. The van der Waals surface area contributed by atoms with Crippen molar-refractivity contribution in [3.8, 4) is 0 Å². The number of nitrogens with zero attached hydrogens (tertiary/aromatic N) is 3. The van der Waals surface area contributed by atoms with E-state index in [2.05, 4.69) is 119 Å². The van der Waals surface area contributed by atoms with E-state index >= 15 is 0 Å². The first-order valence-electron chi connectivity index (χ1n) is 19.5. The first-order valence-corrected chi connectivity index (χ1v) is 22.1. The van der Waals surface area contributed by atoms with E-state index in [-0.39, 0.29) is 10.8 Å². The Hall–Kier alpha value is -3.71. The molecule has 0 amide bonds. The average Bonchev–Trinajstić information content (AvgIpc) is 3.87. The number of pyridine rings is 1. The average molecular weight is 825 g/mol. The van der Waals surface area contributed by atoms with E-state index in [0.29, 0.717) is 11.5 Å². The molecule has 12 heteroatoms. The van der Waals surface area contributed by atoms with Gasteiger partial charge in [-0.15, -0.1) is 23.5 Å². The number of anilines is 4. The van der Waals surface area contributed by atoms with Crippen molar-refractivity contribution >= 4 is 90.3 Å². The van der Waals surface area contributed by atoms with Gasteiger partial charge in [-0.25, -0.2) is 9.97 Å². The third-order valence-corrected chi connectivity index (χ3v) is 13.2. The summed E-state index contributed by atoms with van der Waals surface area (Å²) in [6.07, 6.45) is 13.1. The van der Waals surface area contributed by atoms with Gasteiger partial charge >= 0.3 is 0 Å². The number of aromatic nitrogens is 4. The van der Waals surface area contributed by atoms with Crippen LogP contribution in [-0.2, 0) is 25.7 Å². The monoisotopic (exact) mass is 824 g/mol. The zero-order chi connectivity index (χ0) is 40.0. The molecule has 0 radical (unpaired) electrons. The molecular formula is C44H56N8S4. The van der Waals surface area contributed by atoms with Crippen LogP contribution in [0.2, 0.25) is 0 Å². The number of H-pyrrole nitrogens is 1. The van der Waals surface area contributed by atoms with Gasteiger partial charge in [0, 0.05) is 72.8 Å². The zero-order valence-electron chi connectivity index (χ0n) is 33.9. The van der Waals surface area contributed by atoms with Gasteiger partial charge in [-0.2, -0.15) is 0 Å². The maximum absolute atomic E-state index is 5.67. The minimum atomic E-state index is 0.145. The molecule has 2 unspecified atom stereocenters. The molecule has 2 aliphatic rings. The van der Waals surface area contributed by atoms with Crippen molar-refractivity contribution in [3.63, 3.8) is 0 Å². The lowest BCUT2D eigenvalue weighted by molar-refractivity contribution is 0.481. The molecule has 0 spiro atoms. The molecule has 2 aromatic carbocycles. The number of hydrogen-bond donors (Lipinski definition) is 5. The van der Waals surface area contributed by atoms with Gasteiger partial charge in [0.15, 0.2) is 0 Å². The topological polar surface area (TPSA) is 103 Å². The van der Waals surface area contributed by atoms with Crippen molar-refractivity contribution in [1.29, 1.82) is 0 Å². The van der Waals surface area contributed by atoms with E-state index in [1.807, 2.05) is 44.3 Å². The Bertz CT molecular complexity index is 2120. The minimum absolute atomic E-state index is 0.145. The third-order valence-electron chi connectivity index (χ3n) is 9.87. The molecular weight excluding hydrogens is 769 g/mol. The summed E-state index contributed by atoms with van der Waals surface area (Å²) in [5.41, 5.74) is 12.9. The van der Waals surface area contributed by atoms with Crippen molar-refractivity contribution in [1.82, 2.24) is 19.9 Å². The van der Waals surface area contributed by atoms with Crippen LogP contribution < -0.4 is 21.3 Å². The van der Waals surface area contributed by atoms with Gasteiger partial charge in [0.1, 0.15) is 17.8 Å². The van der Waals surface area contributed by atoms with Crippen molar-refractivity contribution in [3.05, 3.63) is 101 Å². The Balaban J connectivity index is 0.000000190. The van der Waals surface area contributed by atoms with Crippen molar-refractivity contribution in [2.45, 2.75) is 96.9 Å². The summed E-state index contributed by atoms with van der Waals surface area (Å²) in [5.74, 6) is 2.04. The molecule has 7 rings (SSSR count). The van der Waals surface area contributed by atoms with Gasteiger partial charge in [-0.1, -0.05) is 90.2 Å². The summed E-state index contributed by atoms with van der Waals surface area (Å²) >= 11 is 14.9. The first kappa shape index (κ1) is 41.9. The molecule has 5 aromatic rings. The molecule has 3 heterocycles. The van der Waals surface area contributed by atoms with Gasteiger partial charge in [0.05, 0.1) is 26.2 Å². The summed E-state index contributed by atoms with van der Waals surface area (Å²) in [6.45, 7) is 13.4. The second-order valence-corrected chi connectivity index (χ2v) is 21.2. The van der Waals surface area contributed by atoms with Gasteiger partial charge < -0.3 is 26.3 Å². The van der Waals surface area contributed by atoms with Crippen LogP contribution in [0.3, 0.4) is 0 Å². The van der Waals surface area contributed by atoms with Crippen LogP contribution in [0.1, 0.15) is 99.8 Å². The van der Waals surface area contributed by atoms with Crippen LogP contribution in [0.15, 0.2) is 67.4 Å². The van der Waals surface area contributed by atoms with Crippen LogP contribution in [0.4, 0.5) is 22.9 Å². The number of hydrogen-bond acceptors (Lipinski definition) is 11. The standard InChI is InChI=1S/C22H27N5S2.C22H29N3S2/c1-22(2,3)29-19(28)10-13-5-6-15-16(20(13)23-4)7-8-17(15)26-18-9-14-11-24-12-25-21(14)27-18;1-22(2,3)14-27-20(26)12-15-7-8-17-18(21(15)23-4)9-10-19(17)25-16-6-5-11-24-13-16/h5-6,9,11-12,17,23,26H,7-8,10H2,1-4H3,(H,24,25,27);5-8,11,13,19,23,25H,9-10,12,14H2,1-4H3. The highest BCUT2D eigenvalue weighted by molar-refractivity contribution is 8.24. The SMILES string of the molecule is CNc1c(CC(=S)SC(C)(C)C)ccc2c1CCC2Nc1cc2cncnc2[nH]1.CNc1c(CC(=S)SCC(C)(C)C)ccc2c1CCC2Nc1cccnc1. The maximum atomic E-state index is 5.67. The predicted octanol–water partition coefficient (Wildman–Crippen LogP) is 11.4. The molecule has 3 aromatic heterocycles. The van der Waals surface area contributed by atoms with E-state index in [1.165, 1.54) is 44.8 Å². The van der Waals surface area contributed by atoms with Crippen LogP contribution >= 0.6 is 48.0 Å². The molecule has 0 fully saturated rings. The van der Waals surface area contributed by atoms with Crippen LogP contribution in [-0.4, -0.2) is 52.9 Å². The minimum Gasteiger partial charge on any atom is -0.388 e. The highest BCUT2D eigenvalue weighted by Crippen LogP contribution is 2.42. The van der Waals surface area contributed by atoms with Crippen LogP contribution in [0, 0.1) is 5.41 Å². The van der Waals surface area contributed by atoms with Crippen molar-refractivity contribution in [2.24, 2.45) is 5.41 Å². The molecule has 2 aliphatic carbocycles. The molecule has 8 nitrogen and oxygen atoms in total. The molecule has 2 atom stereocenters. The number of thiocarbonyl (C=S) groups is 2. The first-order chi connectivity index (χ1) is 26.7. The van der Waals surface area contributed by atoms with E-state index in [4.69, 9.17) is 24.4 Å². The molecule has 296 valence electrons. The normalized spacial score (nSPS) is 16.1. The second-order valence-electron chi connectivity index (χ2n) is 16.7. The molecule has 0 bridgehead atoms. The van der Waals surface area contributed by atoms with E-state index in [0.717, 1.165) is 75.2 Å². The van der Waals surface area contributed by atoms with E-state index in [9.17, 15) is 0 Å². The molecule has 0 saturated carbocycles. The zero-order valence-corrected chi connectivity index (χ0v) is 37.2. The van der Waals surface area contributed by atoms with Gasteiger partial charge in [-0.3, -0.25) is 4.98 Å². The summed E-state index contributed by atoms with van der Waals surface area (Å²) in [4.78, 5) is 15.9. The van der Waals surface area contributed by atoms with Gasteiger partial charge in [-0.05, 0) is 82.7 Å². The van der Waals surface area contributed by atoms with Crippen molar-refractivity contribution < 1.29 is 0 Å².